The summed E-state index contributed by atoms with van der Waals surface area (Å²) >= 11 is 0. The van der Waals surface area contributed by atoms with Gasteiger partial charge in [-0.2, -0.15) is 0 Å². The van der Waals surface area contributed by atoms with Crippen LogP contribution < -0.4 is 10.6 Å². The molecule has 1 aromatic carbocycles. The van der Waals surface area contributed by atoms with Crippen LogP contribution in [0.25, 0.3) is 0 Å². The molecular weight excluding hydrogens is 282 g/mol. The molecule has 0 bridgehead atoms. The fourth-order valence-electron chi connectivity index (χ4n) is 2.10. The molecule has 2 N–H and O–H groups in total. The molecule has 0 amide bonds. The fraction of sp³-hybridized carbons (Fsp3) is 0.333. The monoisotopic (exact) mass is 301 g/mol. The molecule has 2 aromatic rings. The summed E-state index contributed by atoms with van der Waals surface area (Å²) in [5.74, 6) is 0.399. The number of rotatable bonds is 6. The van der Waals surface area contributed by atoms with Gasteiger partial charge in [-0.3, -0.25) is 10.1 Å². The molecule has 0 aliphatic rings. The smallest absolute Gasteiger partial charge is 0.353 e. The highest BCUT2D eigenvalue weighted by atomic mass is 16.6. The van der Waals surface area contributed by atoms with Gasteiger partial charge in [0.25, 0.3) is 0 Å². The van der Waals surface area contributed by atoms with E-state index >= 15 is 0 Å². The molecule has 0 aliphatic carbocycles. The van der Waals surface area contributed by atoms with Crippen LogP contribution in [-0.4, -0.2) is 20.9 Å². The second-order valence-electron chi connectivity index (χ2n) is 5.11. The van der Waals surface area contributed by atoms with Crippen LogP contribution in [-0.2, 0) is 6.42 Å². The quantitative estimate of drug-likeness (QED) is 0.626. The summed E-state index contributed by atoms with van der Waals surface area (Å²) in [6.45, 7) is 5.82. The molecule has 116 valence electrons. The van der Waals surface area contributed by atoms with Crippen molar-refractivity contribution in [2.75, 3.05) is 10.6 Å². The Morgan fingerprint density at radius 2 is 1.91 bits per heavy atom. The Balaban J connectivity index is 2.44. The number of nitro groups is 1. The van der Waals surface area contributed by atoms with Gasteiger partial charge >= 0.3 is 5.69 Å². The third kappa shape index (κ3) is 3.49. The number of anilines is 3. The number of nitrogens with zero attached hydrogens (tertiary/aromatic N) is 3. The van der Waals surface area contributed by atoms with Gasteiger partial charge in [-0.25, -0.2) is 9.97 Å². The molecule has 2 rings (SSSR count). The normalized spacial score (nSPS) is 10.5. The molecule has 0 atom stereocenters. The number of benzene rings is 1. The summed E-state index contributed by atoms with van der Waals surface area (Å²) < 4.78 is 0. The van der Waals surface area contributed by atoms with E-state index in [2.05, 4.69) is 20.6 Å². The molecule has 1 aromatic heterocycles. The first-order valence-electron chi connectivity index (χ1n) is 7.13. The van der Waals surface area contributed by atoms with E-state index in [1.165, 1.54) is 6.33 Å². The predicted octanol–water partition coefficient (Wildman–Crippen LogP) is 3.51. The molecule has 0 radical (unpaired) electrons. The lowest BCUT2D eigenvalue weighted by Crippen LogP contribution is -2.14. The highest BCUT2D eigenvalue weighted by Crippen LogP contribution is 2.32. The predicted molar refractivity (Wildman–Crippen MR) is 86.5 cm³/mol. The minimum atomic E-state index is -0.471. The Kier molecular flexibility index (Phi) is 4.88. The molecule has 0 saturated heterocycles. The average molecular weight is 301 g/mol. The van der Waals surface area contributed by atoms with Crippen LogP contribution >= 0.6 is 0 Å². The van der Waals surface area contributed by atoms with E-state index in [1.807, 2.05) is 45.0 Å². The van der Waals surface area contributed by atoms with E-state index in [9.17, 15) is 10.1 Å². The highest BCUT2D eigenvalue weighted by Gasteiger charge is 2.23. The van der Waals surface area contributed by atoms with E-state index in [4.69, 9.17) is 0 Å². The van der Waals surface area contributed by atoms with Crippen LogP contribution in [0.5, 0.6) is 0 Å². The SMILES string of the molecule is CCc1ccccc1Nc1ncnc(NC(C)C)c1[N+](=O)[O-]. The lowest BCUT2D eigenvalue weighted by molar-refractivity contribution is -0.383. The van der Waals surface area contributed by atoms with Crippen LogP contribution in [0.3, 0.4) is 0 Å². The van der Waals surface area contributed by atoms with Gasteiger partial charge in [-0.1, -0.05) is 25.1 Å². The zero-order valence-corrected chi connectivity index (χ0v) is 12.8. The maximum Gasteiger partial charge on any atom is 0.353 e. The minimum absolute atomic E-state index is 0.0318. The first kappa shape index (κ1) is 15.7. The number of hydrogen-bond donors (Lipinski definition) is 2. The van der Waals surface area contributed by atoms with Gasteiger partial charge < -0.3 is 10.6 Å². The van der Waals surface area contributed by atoms with E-state index in [0.29, 0.717) is 0 Å². The van der Waals surface area contributed by atoms with E-state index in [1.54, 1.807) is 0 Å². The third-order valence-corrected chi connectivity index (χ3v) is 3.08. The maximum absolute atomic E-state index is 11.4. The summed E-state index contributed by atoms with van der Waals surface area (Å²) in [4.78, 5) is 19.0. The van der Waals surface area contributed by atoms with Gasteiger partial charge in [-0.15, -0.1) is 0 Å². The number of nitrogens with one attached hydrogen (secondary N) is 2. The van der Waals surface area contributed by atoms with Crippen LogP contribution in [0.2, 0.25) is 0 Å². The van der Waals surface area contributed by atoms with Gasteiger partial charge in [0, 0.05) is 11.7 Å². The Hall–Kier alpha value is -2.70. The number of aromatic nitrogens is 2. The van der Waals surface area contributed by atoms with Crippen LogP contribution in [0, 0.1) is 10.1 Å². The molecule has 0 spiro atoms. The zero-order chi connectivity index (χ0) is 16.1. The summed E-state index contributed by atoms with van der Waals surface area (Å²) in [5, 5.41) is 17.4. The molecule has 1 heterocycles. The average Bonchev–Trinajstić information content (AvgIpc) is 2.47. The lowest BCUT2D eigenvalue weighted by atomic mass is 10.1. The first-order chi connectivity index (χ1) is 10.5. The number of para-hydroxylation sites is 1. The molecular formula is C15H19N5O2. The summed E-state index contributed by atoms with van der Waals surface area (Å²) in [6.07, 6.45) is 2.13. The van der Waals surface area contributed by atoms with Crippen molar-refractivity contribution < 1.29 is 4.92 Å². The van der Waals surface area contributed by atoms with Gasteiger partial charge in [0.2, 0.25) is 11.6 Å². The second kappa shape index (κ2) is 6.84. The van der Waals surface area contributed by atoms with Crippen molar-refractivity contribution in [1.82, 2.24) is 9.97 Å². The standard InChI is InChI=1S/C15H19N5O2/c1-4-11-7-5-6-8-12(11)19-15-13(20(21)22)14(16-9-17-15)18-10(2)3/h5-10H,4H2,1-3H3,(H2,16,17,18,19). The van der Waals surface area contributed by atoms with Gasteiger partial charge in [0.15, 0.2) is 0 Å². The van der Waals surface area contributed by atoms with Crippen molar-refractivity contribution in [3.8, 4) is 0 Å². The van der Waals surface area contributed by atoms with Crippen LogP contribution in [0.15, 0.2) is 30.6 Å². The van der Waals surface area contributed by atoms with Crippen molar-refractivity contribution in [2.24, 2.45) is 0 Å². The van der Waals surface area contributed by atoms with Crippen molar-refractivity contribution in [3.63, 3.8) is 0 Å². The van der Waals surface area contributed by atoms with E-state index in [-0.39, 0.29) is 23.4 Å². The second-order valence-corrected chi connectivity index (χ2v) is 5.11. The number of aryl methyl sites for hydroxylation is 1. The van der Waals surface area contributed by atoms with Crippen molar-refractivity contribution in [3.05, 3.63) is 46.3 Å². The topological polar surface area (TPSA) is 93.0 Å². The molecule has 7 heteroatoms. The summed E-state index contributed by atoms with van der Waals surface area (Å²) in [7, 11) is 0. The molecule has 0 unspecified atom stereocenters. The molecule has 0 saturated carbocycles. The van der Waals surface area contributed by atoms with Crippen molar-refractivity contribution in [1.29, 1.82) is 0 Å². The van der Waals surface area contributed by atoms with Crippen molar-refractivity contribution in [2.45, 2.75) is 33.2 Å². The summed E-state index contributed by atoms with van der Waals surface area (Å²) in [5.41, 5.74) is 1.72. The van der Waals surface area contributed by atoms with Crippen LogP contribution in [0.4, 0.5) is 23.0 Å². The lowest BCUT2D eigenvalue weighted by Gasteiger charge is -2.13. The fourth-order valence-corrected chi connectivity index (χ4v) is 2.10. The minimum Gasteiger partial charge on any atom is -0.362 e. The van der Waals surface area contributed by atoms with E-state index < -0.39 is 4.92 Å². The van der Waals surface area contributed by atoms with Gasteiger partial charge in [0.05, 0.1) is 4.92 Å². The molecule has 0 aliphatic heterocycles. The Morgan fingerprint density at radius 3 is 2.55 bits per heavy atom. The van der Waals surface area contributed by atoms with Crippen LogP contribution in [0.1, 0.15) is 26.3 Å². The Morgan fingerprint density at radius 1 is 1.23 bits per heavy atom. The van der Waals surface area contributed by atoms with E-state index in [0.717, 1.165) is 17.7 Å². The maximum atomic E-state index is 11.4. The number of hydrogen-bond acceptors (Lipinski definition) is 6. The molecule has 0 fully saturated rings. The van der Waals surface area contributed by atoms with Gasteiger partial charge in [0.1, 0.15) is 6.33 Å². The van der Waals surface area contributed by atoms with Gasteiger partial charge in [-0.05, 0) is 31.9 Å². The summed E-state index contributed by atoms with van der Waals surface area (Å²) in [6, 6.07) is 7.69. The Labute approximate surface area is 129 Å². The molecule has 22 heavy (non-hydrogen) atoms. The first-order valence-corrected chi connectivity index (χ1v) is 7.13. The zero-order valence-electron chi connectivity index (χ0n) is 12.8. The van der Waals surface area contributed by atoms with Crippen molar-refractivity contribution >= 4 is 23.0 Å². The molecule has 7 nitrogen and oxygen atoms in total. The highest BCUT2D eigenvalue weighted by molar-refractivity contribution is 5.74. The Bertz CT molecular complexity index is 673. The largest absolute Gasteiger partial charge is 0.362 e. The third-order valence-electron chi connectivity index (χ3n) is 3.08.